The summed E-state index contributed by atoms with van der Waals surface area (Å²) in [6.45, 7) is 0.403. The van der Waals surface area contributed by atoms with Gasteiger partial charge in [-0.05, 0) is 41.5 Å². The van der Waals surface area contributed by atoms with E-state index in [1.807, 2.05) is 36.4 Å². The molecule has 1 saturated heterocycles. The van der Waals surface area contributed by atoms with Gasteiger partial charge < -0.3 is 4.74 Å². The van der Waals surface area contributed by atoms with E-state index in [1.165, 1.54) is 4.90 Å². The molecule has 2 aromatic carbocycles. The van der Waals surface area contributed by atoms with Gasteiger partial charge in [-0.3, -0.25) is 14.5 Å². The van der Waals surface area contributed by atoms with Crippen LogP contribution >= 0.6 is 15.9 Å². The van der Waals surface area contributed by atoms with Crippen LogP contribution in [0.25, 0.3) is 10.8 Å². The minimum absolute atomic E-state index is 0.103. The van der Waals surface area contributed by atoms with Crippen LogP contribution in [0.4, 0.5) is 0 Å². The smallest absolute Gasteiger partial charge is 0.267 e. The van der Waals surface area contributed by atoms with E-state index in [9.17, 15) is 9.59 Å². The first-order chi connectivity index (χ1) is 10.1. The fraction of sp³-hybridized carbons (Fsp3) is 0.250. The second-order valence-corrected chi connectivity index (χ2v) is 5.90. The van der Waals surface area contributed by atoms with E-state index in [0.717, 1.165) is 21.7 Å². The number of carbonyl (C=O) groups excluding carboxylic acids is 2. The lowest BCUT2D eigenvalue weighted by Gasteiger charge is -2.14. The van der Waals surface area contributed by atoms with Crippen molar-refractivity contribution >= 4 is 38.5 Å². The highest BCUT2D eigenvalue weighted by Gasteiger charge is 2.26. The Hall–Kier alpha value is -1.88. The molecule has 0 aromatic heterocycles. The molecular weight excluding hydrogens is 334 g/mol. The number of hydrogen-bond donors (Lipinski definition) is 0. The normalized spacial score (nSPS) is 14.7. The highest BCUT2D eigenvalue weighted by molar-refractivity contribution is 9.10. The maximum Gasteiger partial charge on any atom is 0.267 e. The third kappa shape index (κ3) is 3.08. The minimum atomic E-state index is -0.270. The van der Waals surface area contributed by atoms with Gasteiger partial charge in [-0.15, -0.1) is 0 Å². The average molecular weight is 348 g/mol. The minimum Gasteiger partial charge on any atom is -0.484 e. The van der Waals surface area contributed by atoms with E-state index >= 15 is 0 Å². The monoisotopic (exact) mass is 347 g/mol. The maximum absolute atomic E-state index is 11.9. The molecule has 2 aromatic rings. The second kappa shape index (κ2) is 5.85. The van der Waals surface area contributed by atoms with Crippen molar-refractivity contribution in [1.29, 1.82) is 0 Å². The number of fused-ring (bicyclic) bond motifs is 1. The topological polar surface area (TPSA) is 46.6 Å². The van der Waals surface area contributed by atoms with Crippen molar-refractivity contribution < 1.29 is 14.3 Å². The van der Waals surface area contributed by atoms with Crippen molar-refractivity contribution in [2.24, 2.45) is 0 Å². The number of ether oxygens (including phenoxy) is 1. The van der Waals surface area contributed by atoms with Crippen molar-refractivity contribution in [1.82, 2.24) is 4.90 Å². The van der Waals surface area contributed by atoms with Crippen LogP contribution in [-0.2, 0) is 9.59 Å². The molecule has 21 heavy (non-hydrogen) atoms. The first kappa shape index (κ1) is 14.1. The zero-order valence-corrected chi connectivity index (χ0v) is 12.9. The number of halogens is 1. The third-order valence-electron chi connectivity index (χ3n) is 3.51. The van der Waals surface area contributed by atoms with Gasteiger partial charge >= 0.3 is 0 Å². The number of amides is 2. The molecule has 2 amide bonds. The molecule has 5 heteroatoms. The lowest BCUT2D eigenvalue weighted by molar-refractivity contribution is -0.143. The molecule has 1 heterocycles. The molecule has 0 spiro atoms. The quantitative estimate of drug-likeness (QED) is 0.856. The molecule has 0 bridgehead atoms. The summed E-state index contributed by atoms with van der Waals surface area (Å²) in [5.74, 6) is 0.255. The van der Waals surface area contributed by atoms with Crippen LogP contribution in [0.3, 0.4) is 0 Å². The van der Waals surface area contributed by atoms with Gasteiger partial charge in [0.05, 0.1) is 0 Å². The summed E-state index contributed by atoms with van der Waals surface area (Å²) in [6, 6.07) is 11.6. The molecule has 0 atom stereocenters. The van der Waals surface area contributed by atoms with E-state index in [0.29, 0.717) is 18.7 Å². The first-order valence-corrected chi connectivity index (χ1v) is 7.58. The fourth-order valence-electron chi connectivity index (χ4n) is 2.42. The van der Waals surface area contributed by atoms with Gasteiger partial charge in [0.15, 0.2) is 6.61 Å². The number of benzene rings is 2. The number of carbonyl (C=O) groups is 2. The Morgan fingerprint density at radius 2 is 1.95 bits per heavy atom. The molecule has 0 aliphatic carbocycles. The van der Waals surface area contributed by atoms with Gasteiger partial charge in [-0.2, -0.15) is 0 Å². The van der Waals surface area contributed by atoms with E-state index < -0.39 is 0 Å². The molecule has 1 fully saturated rings. The summed E-state index contributed by atoms with van der Waals surface area (Å²) in [5.41, 5.74) is 0. The highest BCUT2D eigenvalue weighted by Crippen LogP contribution is 2.24. The predicted molar refractivity (Wildman–Crippen MR) is 83.1 cm³/mol. The number of rotatable bonds is 3. The summed E-state index contributed by atoms with van der Waals surface area (Å²) in [4.78, 5) is 24.7. The summed E-state index contributed by atoms with van der Waals surface area (Å²) in [7, 11) is 0. The summed E-state index contributed by atoms with van der Waals surface area (Å²) >= 11 is 3.43. The van der Waals surface area contributed by atoms with Crippen LogP contribution < -0.4 is 4.74 Å². The van der Waals surface area contributed by atoms with E-state index in [4.69, 9.17) is 4.74 Å². The molecule has 3 rings (SSSR count). The molecule has 0 unspecified atom stereocenters. The molecule has 1 aliphatic heterocycles. The molecule has 108 valence electrons. The lowest BCUT2D eigenvalue weighted by atomic mass is 10.1. The van der Waals surface area contributed by atoms with Crippen LogP contribution in [0, 0.1) is 0 Å². The fourth-order valence-corrected chi connectivity index (χ4v) is 2.80. The summed E-state index contributed by atoms with van der Waals surface area (Å²) in [6.07, 6.45) is 1.20. The standard InChI is InChI=1S/C16H14BrNO3/c17-13-5-3-12-9-14(6-4-11(12)8-13)21-10-16(20)18-7-1-2-15(18)19/h3-6,8-9H,1-2,7,10H2. The van der Waals surface area contributed by atoms with E-state index in [1.54, 1.807) is 0 Å². The Labute approximate surface area is 130 Å². The lowest BCUT2D eigenvalue weighted by Crippen LogP contribution is -2.35. The summed E-state index contributed by atoms with van der Waals surface area (Å²) in [5, 5.41) is 2.14. The van der Waals surface area contributed by atoms with Gasteiger partial charge in [0.25, 0.3) is 5.91 Å². The summed E-state index contributed by atoms with van der Waals surface area (Å²) < 4.78 is 6.53. The van der Waals surface area contributed by atoms with Crippen LogP contribution in [0.15, 0.2) is 40.9 Å². The maximum atomic E-state index is 11.9. The average Bonchev–Trinajstić information content (AvgIpc) is 2.91. The van der Waals surface area contributed by atoms with Gasteiger partial charge in [0, 0.05) is 17.4 Å². The predicted octanol–water partition coefficient (Wildman–Crippen LogP) is 3.13. The van der Waals surface area contributed by atoms with Gasteiger partial charge in [-0.1, -0.05) is 28.1 Å². The number of hydrogen-bond acceptors (Lipinski definition) is 3. The molecular formula is C16H14BrNO3. The van der Waals surface area contributed by atoms with Crippen molar-refractivity contribution in [3.05, 3.63) is 40.9 Å². The van der Waals surface area contributed by atoms with Crippen molar-refractivity contribution in [2.45, 2.75) is 12.8 Å². The molecule has 0 radical (unpaired) electrons. The Morgan fingerprint density at radius 3 is 2.71 bits per heavy atom. The van der Waals surface area contributed by atoms with Crippen LogP contribution in [-0.4, -0.2) is 29.9 Å². The first-order valence-electron chi connectivity index (χ1n) is 6.79. The number of imide groups is 1. The molecule has 1 aliphatic rings. The van der Waals surface area contributed by atoms with E-state index in [-0.39, 0.29) is 18.4 Å². The second-order valence-electron chi connectivity index (χ2n) is 4.98. The van der Waals surface area contributed by atoms with Crippen molar-refractivity contribution in [3.8, 4) is 5.75 Å². The molecule has 0 saturated carbocycles. The van der Waals surface area contributed by atoms with Crippen LogP contribution in [0.2, 0.25) is 0 Å². The Bertz CT molecular complexity index is 714. The molecule has 4 nitrogen and oxygen atoms in total. The Balaban J connectivity index is 1.69. The Morgan fingerprint density at radius 1 is 1.19 bits per heavy atom. The van der Waals surface area contributed by atoms with Gasteiger partial charge in [-0.25, -0.2) is 0 Å². The van der Waals surface area contributed by atoms with Crippen LogP contribution in [0.1, 0.15) is 12.8 Å². The van der Waals surface area contributed by atoms with Crippen molar-refractivity contribution in [2.75, 3.05) is 13.2 Å². The number of nitrogens with zero attached hydrogens (tertiary/aromatic N) is 1. The van der Waals surface area contributed by atoms with Gasteiger partial charge in [0.2, 0.25) is 5.91 Å². The van der Waals surface area contributed by atoms with Crippen LogP contribution in [0.5, 0.6) is 5.75 Å². The SMILES string of the molecule is O=C1CCCN1C(=O)COc1ccc2cc(Br)ccc2c1. The number of likely N-dealkylation sites (tertiary alicyclic amines) is 1. The van der Waals surface area contributed by atoms with Crippen molar-refractivity contribution in [3.63, 3.8) is 0 Å². The third-order valence-corrected chi connectivity index (χ3v) is 4.00. The zero-order valence-electron chi connectivity index (χ0n) is 11.3. The Kier molecular flexibility index (Phi) is 3.92. The van der Waals surface area contributed by atoms with E-state index in [2.05, 4.69) is 15.9 Å². The highest BCUT2D eigenvalue weighted by atomic mass is 79.9. The van der Waals surface area contributed by atoms with Gasteiger partial charge in [0.1, 0.15) is 5.75 Å². The molecule has 0 N–H and O–H groups in total. The largest absolute Gasteiger partial charge is 0.484 e. The zero-order chi connectivity index (χ0) is 14.8.